The minimum Gasteiger partial charge on any atom is -0.465 e. The van der Waals surface area contributed by atoms with E-state index >= 15 is 0 Å². The van der Waals surface area contributed by atoms with Gasteiger partial charge < -0.3 is 4.74 Å². The number of carbonyl (C=O) groups excluding carboxylic acids is 1. The van der Waals surface area contributed by atoms with Gasteiger partial charge in [-0.15, -0.1) is 0 Å². The van der Waals surface area contributed by atoms with Crippen molar-refractivity contribution in [2.24, 2.45) is 10.3 Å². The molecule has 0 aliphatic heterocycles. The highest BCUT2D eigenvalue weighted by molar-refractivity contribution is 7.93. The van der Waals surface area contributed by atoms with Crippen molar-refractivity contribution in [3.63, 3.8) is 0 Å². The summed E-state index contributed by atoms with van der Waals surface area (Å²) in [4.78, 5) is 13.9. The largest absolute Gasteiger partial charge is 0.465 e. The van der Waals surface area contributed by atoms with Crippen LogP contribution in [0.15, 0.2) is 122 Å². The first kappa shape index (κ1) is 34.1. The van der Waals surface area contributed by atoms with E-state index in [1.165, 1.54) is 60.7 Å². The molecule has 0 N–H and O–H groups in total. The van der Waals surface area contributed by atoms with Crippen molar-refractivity contribution in [2.45, 2.75) is 48.7 Å². The van der Waals surface area contributed by atoms with Crippen LogP contribution in [-0.4, -0.2) is 40.4 Å². The van der Waals surface area contributed by atoms with Crippen molar-refractivity contribution < 1.29 is 35.1 Å². The Balaban J connectivity index is 1.70. The molecule has 7 nitrogen and oxygen atoms in total. The molecule has 11 heteroatoms. The van der Waals surface area contributed by atoms with Gasteiger partial charge >= 0.3 is 5.97 Å². The number of aryl methyl sites for hydroxylation is 2. The maximum atomic E-state index is 14.7. The SMILES string of the molecule is CCOC(=O)C1C(c2ccc(F)cc2)=C2CC(c3ccc(F)cc3)=C2CC(S(=O)(=O)c2ccc(C)cc2)/C1=N/S(=O)(=O)c1ccc(C)cc1. The molecule has 2 aliphatic rings. The van der Waals surface area contributed by atoms with E-state index in [4.69, 9.17) is 4.74 Å². The van der Waals surface area contributed by atoms with Gasteiger partial charge in [0.15, 0.2) is 9.84 Å². The molecule has 0 spiro atoms. The quantitative estimate of drug-likeness (QED) is 0.177. The van der Waals surface area contributed by atoms with Crippen LogP contribution in [-0.2, 0) is 29.4 Å². The third-order valence-electron chi connectivity index (χ3n) is 8.85. The van der Waals surface area contributed by atoms with Gasteiger partial charge in [-0.05, 0) is 116 Å². The van der Waals surface area contributed by atoms with Crippen molar-refractivity contribution in [2.75, 3.05) is 6.61 Å². The highest BCUT2D eigenvalue weighted by Gasteiger charge is 2.49. The number of nitrogens with zero attached hydrogens (tertiary/aromatic N) is 1. The number of sulfone groups is 1. The molecule has 0 bridgehead atoms. The summed E-state index contributed by atoms with van der Waals surface area (Å²) in [6, 6.07) is 23.1. The molecule has 49 heavy (non-hydrogen) atoms. The van der Waals surface area contributed by atoms with Gasteiger partial charge in [-0.1, -0.05) is 59.7 Å². The molecule has 0 fully saturated rings. The van der Waals surface area contributed by atoms with Crippen LogP contribution in [0.1, 0.15) is 42.0 Å². The van der Waals surface area contributed by atoms with Crippen molar-refractivity contribution >= 4 is 42.7 Å². The first-order valence-corrected chi connectivity index (χ1v) is 18.6. The van der Waals surface area contributed by atoms with Crippen LogP contribution in [0.3, 0.4) is 0 Å². The van der Waals surface area contributed by atoms with E-state index in [1.54, 1.807) is 57.2 Å². The number of allylic oxidation sites excluding steroid dienone is 3. The lowest BCUT2D eigenvalue weighted by Gasteiger charge is -2.31. The van der Waals surface area contributed by atoms with E-state index in [2.05, 4.69) is 4.40 Å². The highest BCUT2D eigenvalue weighted by Crippen LogP contribution is 2.52. The van der Waals surface area contributed by atoms with Crippen molar-refractivity contribution in [1.82, 2.24) is 0 Å². The Labute approximate surface area is 284 Å². The van der Waals surface area contributed by atoms with Crippen LogP contribution in [0.2, 0.25) is 0 Å². The lowest BCUT2D eigenvalue weighted by Crippen LogP contribution is -2.39. The number of ether oxygens (including phenoxy) is 1. The number of benzene rings is 4. The number of fused-ring (bicyclic) bond motifs is 1. The number of rotatable bonds is 8. The third-order valence-corrected chi connectivity index (χ3v) is 12.3. The summed E-state index contributed by atoms with van der Waals surface area (Å²) in [5.74, 6) is -3.47. The molecular weight excluding hydrogens is 669 g/mol. The summed E-state index contributed by atoms with van der Waals surface area (Å²) in [6.07, 6.45) is 0.0139. The van der Waals surface area contributed by atoms with E-state index in [0.29, 0.717) is 27.8 Å². The molecule has 4 aromatic carbocycles. The van der Waals surface area contributed by atoms with Gasteiger partial charge in [-0.3, -0.25) is 4.79 Å². The number of hydrogen-bond acceptors (Lipinski definition) is 6. The summed E-state index contributed by atoms with van der Waals surface area (Å²) in [6.45, 7) is 5.09. The standard InChI is InChI=1S/C38H33F2NO6S2/c1-4-47-38(42)36-35(26-11-15-28(40)16-12-26)33-21-31(25-9-13-27(39)14-10-25)32(33)22-34(48(43,44)29-17-5-23(2)6-18-29)37(36)41-49(45,46)30-19-7-24(3)8-20-30/h5-20,34,36H,4,21-22H2,1-3H3/b41-37-. The molecule has 6 rings (SSSR count). The summed E-state index contributed by atoms with van der Waals surface area (Å²) in [5.41, 5.74) is 4.33. The molecule has 0 aromatic heterocycles. The van der Waals surface area contributed by atoms with Crippen LogP contribution >= 0.6 is 0 Å². The predicted octanol–water partition coefficient (Wildman–Crippen LogP) is 7.45. The van der Waals surface area contributed by atoms with E-state index in [0.717, 1.165) is 11.1 Å². The normalized spacial score (nSPS) is 18.9. The molecule has 2 aliphatic carbocycles. The third kappa shape index (κ3) is 6.65. The summed E-state index contributed by atoms with van der Waals surface area (Å²) in [7, 11) is -9.00. The second-order valence-corrected chi connectivity index (χ2v) is 15.8. The number of hydrogen-bond donors (Lipinski definition) is 0. The van der Waals surface area contributed by atoms with Gasteiger partial charge in [0.1, 0.15) is 22.8 Å². The van der Waals surface area contributed by atoms with Crippen LogP contribution in [0.5, 0.6) is 0 Å². The molecule has 0 saturated heterocycles. The lowest BCUT2D eigenvalue weighted by molar-refractivity contribution is -0.143. The van der Waals surface area contributed by atoms with Crippen molar-refractivity contribution in [3.8, 4) is 0 Å². The van der Waals surface area contributed by atoms with Crippen LogP contribution < -0.4 is 0 Å². The monoisotopic (exact) mass is 701 g/mol. The maximum Gasteiger partial charge on any atom is 0.319 e. The van der Waals surface area contributed by atoms with Gasteiger partial charge in [-0.2, -0.15) is 12.8 Å². The fourth-order valence-electron chi connectivity index (χ4n) is 6.30. The molecule has 0 saturated carbocycles. The molecular formula is C38H33F2NO6S2. The van der Waals surface area contributed by atoms with Gasteiger partial charge in [0.05, 0.1) is 22.1 Å². The van der Waals surface area contributed by atoms with E-state index < -0.39 is 54.3 Å². The number of sulfonamides is 1. The van der Waals surface area contributed by atoms with E-state index in [-0.39, 0.29) is 34.8 Å². The molecule has 4 aromatic rings. The Hall–Kier alpha value is -4.74. The first-order valence-electron chi connectivity index (χ1n) is 15.7. The molecule has 0 heterocycles. The summed E-state index contributed by atoms with van der Waals surface area (Å²) >= 11 is 0. The minimum atomic E-state index is -4.58. The van der Waals surface area contributed by atoms with E-state index in [9.17, 15) is 30.4 Å². The average Bonchev–Trinajstić information content (AvgIpc) is 3.15. The second kappa shape index (κ2) is 13.3. The fourth-order valence-corrected chi connectivity index (χ4v) is 9.20. The average molecular weight is 702 g/mol. The Morgan fingerprint density at radius 1 is 0.714 bits per heavy atom. The van der Waals surface area contributed by atoms with Crippen molar-refractivity contribution in [3.05, 3.63) is 142 Å². The highest BCUT2D eigenvalue weighted by atomic mass is 32.2. The first-order chi connectivity index (χ1) is 23.3. The topological polar surface area (TPSA) is 107 Å². The van der Waals surface area contributed by atoms with E-state index in [1.807, 2.05) is 0 Å². The Morgan fingerprint density at radius 3 is 1.76 bits per heavy atom. The van der Waals surface area contributed by atoms with Crippen LogP contribution in [0, 0.1) is 31.4 Å². The predicted molar refractivity (Wildman–Crippen MR) is 184 cm³/mol. The Morgan fingerprint density at radius 2 is 1.22 bits per heavy atom. The van der Waals surface area contributed by atoms with Gasteiger partial charge in [0.2, 0.25) is 0 Å². The smallest absolute Gasteiger partial charge is 0.319 e. The maximum absolute atomic E-state index is 14.7. The Bertz CT molecular complexity index is 2240. The Kier molecular flexibility index (Phi) is 9.25. The molecule has 2 atom stereocenters. The second-order valence-electron chi connectivity index (χ2n) is 12.1. The van der Waals surface area contributed by atoms with Gasteiger partial charge in [0.25, 0.3) is 10.0 Å². The number of halogens is 2. The molecule has 0 amide bonds. The minimum absolute atomic E-state index is 0.0822. The van der Waals surface area contributed by atoms with Gasteiger partial charge in [-0.25, -0.2) is 17.2 Å². The molecule has 2 unspecified atom stereocenters. The van der Waals surface area contributed by atoms with Gasteiger partial charge in [0, 0.05) is 0 Å². The van der Waals surface area contributed by atoms with Crippen LogP contribution in [0.4, 0.5) is 8.78 Å². The summed E-state index contributed by atoms with van der Waals surface area (Å²) < 4.78 is 95.5. The van der Waals surface area contributed by atoms with Crippen molar-refractivity contribution in [1.29, 1.82) is 0 Å². The lowest BCUT2D eigenvalue weighted by atomic mass is 9.73. The number of carbonyl (C=O) groups is 1. The van der Waals surface area contributed by atoms with Crippen LogP contribution in [0.25, 0.3) is 11.1 Å². The molecule has 252 valence electrons. The number of esters is 1. The molecule has 0 radical (unpaired) electrons. The fraction of sp³-hybridized carbons (Fsp3) is 0.211. The summed E-state index contributed by atoms with van der Waals surface area (Å²) in [5, 5.41) is -1.64. The zero-order chi connectivity index (χ0) is 35.1. The zero-order valence-corrected chi connectivity index (χ0v) is 28.6. The zero-order valence-electron chi connectivity index (χ0n) is 27.0.